The lowest BCUT2D eigenvalue weighted by Gasteiger charge is -2.29. The first-order chi connectivity index (χ1) is 28.8. The number of nitrogens with zero attached hydrogens (tertiary/aromatic N) is 1. The van der Waals surface area contributed by atoms with Crippen LogP contribution in [0.1, 0.15) is 0 Å². The van der Waals surface area contributed by atoms with Crippen LogP contribution in [0.5, 0.6) is 0 Å². The van der Waals surface area contributed by atoms with Gasteiger partial charge in [0.15, 0.2) is 0 Å². The summed E-state index contributed by atoms with van der Waals surface area (Å²) in [7, 11) is 0. The number of furan rings is 1. The van der Waals surface area contributed by atoms with Crippen molar-refractivity contribution in [3.8, 4) is 44.5 Å². The molecule has 0 radical (unpaired) electrons. The van der Waals surface area contributed by atoms with Crippen LogP contribution in [0.25, 0.3) is 88.0 Å². The predicted molar refractivity (Wildman–Crippen MR) is 245 cm³/mol. The van der Waals surface area contributed by atoms with Crippen molar-refractivity contribution in [2.45, 2.75) is 0 Å². The average Bonchev–Trinajstić information content (AvgIpc) is 3.70. The van der Waals surface area contributed by atoms with Crippen LogP contribution in [0.3, 0.4) is 0 Å². The molecule has 11 rings (SSSR count). The third-order valence-electron chi connectivity index (χ3n) is 11.5. The molecule has 272 valence electrons. The molecule has 0 N–H and O–H groups in total. The molecule has 0 atom stereocenters. The highest BCUT2D eigenvalue weighted by Gasteiger charge is 2.22. The van der Waals surface area contributed by atoms with E-state index in [-0.39, 0.29) is 0 Å². The highest BCUT2D eigenvalue weighted by atomic mass is 16.3. The van der Waals surface area contributed by atoms with Gasteiger partial charge in [-0.05, 0) is 104 Å². The Bertz CT molecular complexity index is 3170. The highest BCUT2D eigenvalue weighted by molar-refractivity contribution is 6.19. The number of anilines is 3. The van der Waals surface area contributed by atoms with Gasteiger partial charge in [-0.2, -0.15) is 0 Å². The van der Waals surface area contributed by atoms with E-state index in [0.717, 1.165) is 61.1 Å². The Morgan fingerprint density at radius 2 is 0.828 bits per heavy atom. The fourth-order valence-corrected chi connectivity index (χ4v) is 8.66. The van der Waals surface area contributed by atoms with Crippen LogP contribution in [0, 0.1) is 0 Å². The maximum absolute atomic E-state index is 6.65. The summed E-state index contributed by atoms with van der Waals surface area (Å²) in [5, 5.41) is 6.97. The van der Waals surface area contributed by atoms with Crippen LogP contribution >= 0.6 is 0 Å². The summed E-state index contributed by atoms with van der Waals surface area (Å²) in [5.74, 6) is 0. The van der Waals surface area contributed by atoms with Crippen LogP contribution in [0.4, 0.5) is 17.1 Å². The molecule has 0 saturated carbocycles. The van der Waals surface area contributed by atoms with Crippen molar-refractivity contribution in [3.63, 3.8) is 0 Å². The van der Waals surface area contributed by atoms with Crippen LogP contribution in [0.2, 0.25) is 0 Å². The molecule has 0 bridgehead atoms. The van der Waals surface area contributed by atoms with E-state index in [2.05, 4.69) is 229 Å². The van der Waals surface area contributed by atoms with Crippen molar-refractivity contribution < 1.29 is 4.42 Å². The molecule has 2 nitrogen and oxygen atoms in total. The number of rotatable bonds is 7. The van der Waals surface area contributed by atoms with Crippen molar-refractivity contribution in [2.75, 3.05) is 4.90 Å². The van der Waals surface area contributed by atoms with Crippen molar-refractivity contribution in [1.29, 1.82) is 0 Å². The summed E-state index contributed by atoms with van der Waals surface area (Å²) in [6.07, 6.45) is 0. The monoisotopic (exact) mass is 739 g/mol. The topological polar surface area (TPSA) is 16.4 Å². The second-order valence-electron chi connectivity index (χ2n) is 14.9. The summed E-state index contributed by atoms with van der Waals surface area (Å²) in [5.41, 5.74) is 14.4. The third-order valence-corrected chi connectivity index (χ3v) is 11.5. The van der Waals surface area contributed by atoms with E-state index in [1.807, 2.05) is 0 Å². The third kappa shape index (κ3) is 5.82. The smallest absolute Gasteiger partial charge is 0.143 e. The van der Waals surface area contributed by atoms with E-state index in [9.17, 15) is 0 Å². The molecule has 0 aliphatic heterocycles. The zero-order valence-corrected chi connectivity index (χ0v) is 31.7. The molecule has 0 fully saturated rings. The first-order valence-electron chi connectivity index (χ1n) is 19.8. The van der Waals surface area contributed by atoms with Crippen LogP contribution in [-0.4, -0.2) is 0 Å². The molecule has 0 saturated heterocycles. The maximum Gasteiger partial charge on any atom is 0.143 e. The highest BCUT2D eigenvalue weighted by Crippen LogP contribution is 2.47. The van der Waals surface area contributed by atoms with Gasteiger partial charge in [-0.25, -0.2) is 0 Å². The summed E-state index contributed by atoms with van der Waals surface area (Å²) < 4.78 is 6.65. The molecule has 1 aromatic heterocycles. The maximum atomic E-state index is 6.65. The molecule has 0 aliphatic rings. The Morgan fingerprint density at radius 1 is 0.310 bits per heavy atom. The summed E-state index contributed by atoms with van der Waals surface area (Å²) in [6.45, 7) is 0. The molecule has 0 spiro atoms. The van der Waals surface area contributed by atoms with Gasteiger partial charge in [0.1, 0.15) is 11.2 Å². The Labute approximate surface area is 337 Å². The van der Waals surface area contributed by atoms with Crippen molar-refractivity contribution in [2.24, 2.45) is 0 Å². The summed E-state index contributed by atoms with van der Waals surface area (Å²) in [6, 6.07) is 80.7. The van der Waals surface area contributed by atoms with Crippen molar-refractivity contribution in [3.05, 3.63) is 224 Å². The largest absolute Gasteiger partial charge is 0.455 e. The molecular weight excluding hydrogens is 703 g/mol. The van der Waals surface area contributed by atoms with Gasteiger partial charge in [-0.1, -0.05) is 176 Å². The fourth-order valence-electron chi connectivity index (χ4n) is 8.66. The van der Waals surface area contributed by atoms with Gasteiger partial charge in [0, 0.05) is 33.1 Å². The molecule has 58 heavy (non-hydrogen) atoms. The minimum Gasteiger partial charge on any atom is -0.455 e. The quantitative estimate of drug-likeness (QED) is 0.162. The molecule has 0 amide bonds. The summed E-state index contributed by atoms with van der Waals surface area (Å²) >= 11 is 0. The molecular formula is C56H37NO. The number of hydrogen-bond donors (Lipinski definition) is 0. The van der Waals surface area contributed by atoms with E-state index in [0.29, 0.717) is 0 Å². The van der Waals surface area contributed by atoms with Crippen LogP contribution < -0.4 is 4.90 Å². The lowest BCUT2D eigenvalue weighted by molar-refractivity contribution is 0.673. The second-order valence-corrected chi connectivity index (χ2v) is 14.9. The van der Waals surface area contributed by atoms with Crippen LogP contribution in [-0.2, 0) is 0 Å². The first-order valence-corrected chi connectivity index (χ1v) is 19.8. The van der Waals surface area contributed by atoms with E-state index < -0.39 is 0 Å². The van der Waals surface area contributed by atoms with Gasteiger partial charge >= 0.3 is 0 Å². The second kappa shape index (κ2) is 14.1. The Hall–Kier alpha value is -7.68. The molecule has 2 heteroatoms. The van der Waals surface area contributed by atoms with Crippen molar-refractivity contribution in [1.82, 2.24) is 0 Å². The number of benzene rings is 10. The molecule has 10 aromatic carbocycles. The minimum absolute atomic E-state index is 0.887. The van der Waals surface area contributed by atoms with Crippen molar-refractivity contribution >= 4 is 60.5 Å². The lowest BCUT2D eigenvalue weighted by atomic mass is 9.91. The average molecular weight is 740 g/mol. The minimum atomic E-state index is 0.887. The van der Waals surface area contributed by atoms with Gasteiger partial charge < -0.3 is 9.32 Å². The van der Waals surface area contributed by atoms with Gasteiger partial charge in [0.25, 0.3) is 0 Å². The van der Waals surface area contributed by atoms with E-state index in [1.54, 1.807) is 0 Å². The molecule has 0 aliphatic carbocycles. The Kier molecular flexibility index (Phi) is 8.19. The standard InChI is InChI=1S/C56H37NO/c1-3-13-38(14-4-1)40-25-31-45(32-26-40)57(46-33-27-41(28-34-46)39-15-5-2-6-16-39)53-36-30-44(37-52(53)50-23-11-19-42-17-7-9-20-47(42)50)48-22-12-24-54-55(48)51-35-29-43-18-8-10-21-49(43)56(51)58-54/h1-37H. The zero-order valence-electron chi connectivity index (χ0n) is 31.7. The van der Waals surface area contributed by atoms with E-state index in [1.165, 1.54) is 44.0 Å². The lowest BCUT2D eigenvalue weighted by Crippen LogP contribution is -2.11. The molecule has 0 unspecified atom stereocenters. The molecule has 11 aromatic rings. The predicted octanol–water partition coefficient (Wildman–Crippen LogP) is 16.0. The van der Waals surface area contributed by atoms with E-state index in [4.69, 9.17) is 4.42 Å². The summed E-state index contributed by atoms with van der Waals surface area (Å²) in [4.78, 5) is 2.41. The zero-order chi connectivity index (χ0) is 38.4. The SMILES string of the molecule is c1ccc(-c2ccc(N(c3ccc(-c4ccccc4)cc3)c3ccc(-c4cccc5oc6c7ccccc7ccc6c45)cc3-c3cccc4ccccc34)cc2)cc1. The first kappa shape index (κ1) is 33.6. The van der Waals surface area contributed by atoms with Gasteiger partial charge in [0.05, 0.1) is 5.69 Å². The van der Waals surface area contributed by atoms with E-state index >= 15 is 0 Å². The van der Waals surface area contributed by atoms with Gasteiger partial charge in [-0.3, -0.25) is 0 Å². The number of hydrogen-bond acceptors (Lipinski definition) is 2. The van der Waals surface area contributed by atoms with Gasteiger partial charge in [-0.15, -0.1) is 0 Å². The van der Waals surface area contributed by atoms with Gasteiger partial charge in [0.2, 0.25) is 0 Å². The Balaban J connectivity index is 1.15. The number of fused-ring (bicyclic) bond motifs is 6. The molecule has 1 heterocycles. The normalized spacial score (nSPS) is 11.4. The Morgan fingerprint density at radius 3 is 1.50 bits per heavy atom. The fraction of sp³-hybridized carbons (Fsp3) is 0. The van der Waals surface area contributed by atoms with Crippen LogP contribution in [0.15, 0.2) is 229 Å².